The summed E-state index contributed by atoms with van der Waals surface area (Å²) >= 11 is 6.04. The Morgan fingerprint density at radius 3 is 2.19 bits per heavy atom. The number of benzene rings is 3. The second kappa shape index (κ2) is 9.63. The lowest BCUT2D eigenvalue weighted by atomic mass is 10.1. The molecule has 1 N–H and O–H groups in total. The lowest BCUT2D eigenvalue weighted by Crippen LogP contribution is -2.25. The van der Waals surface area contributed by atoms with Crippen molar-refractivity contribution in [1.29, 1.82) is 0 Å². The van der Waals surface area contributed by atoms with E-state index in [0.717, 1.165) is 11.1 Å². The molecule has 3 rings (SSSR count). The molecule has 3 aromatic carbocycles. The predicted octanol–water partition coefficient (Wildman–Crippen LogP) is 6.72. The number of hydrogen-bond donors (Lipinski definition) is 1. The fraction of sp³-hybridized carbons (Fsp3) is 0.154. The highest BCUT2D eigenvalue weighted by molar-refractivity contribution is 6.30. The molecule has 0 aliphatic carbocycles. The first kappa shape index (κ1) is 22.3. The zero-order chi connectivity index (χ0) is 22.4. The Labute approximate surface area is 187 Å². The third-order valence-electron chi connectivity index (χ3n) is 4.26. The number of carbonyl (C=O) groups is 2. The SMILES string of the molecule is CC(C)(C)OC(=O)c1ccc(C=Cc2cccc(Cl)c2)cc1NC(=O)c1ccccc1. The summed E-state index contributed by atoms with van der Waals surface area (Å²) in [6.07, 6.45) is 3.81. The summed E-state index contributed by atoms with van der Waals surface area (Å²) in [5, 5.41) is 3.50. The molecule has 0 saturated heterocycles. The van der Waals surface area contributed by atoms with Gasteiger partial charge in [-0.1, -0.05) is 60.2 Å². The molecular weight excluding hydrogens is 410 g/mol. The topological polar surface area (TPSA) is 55.4 Å². The number of nitrogens with one attached hydrogen (secondary N) is 1. The zero-order valence-electron chi connectivity index (χ0n) is 17.7. The molecule has 31 heavy (non-hydrogen) atoms. The van der Waals surface area contributed by atoms with Crippen molar-refractivity contribution in [2.45, 2.75) is 26.4 Å². The van der Waals surface area contributed by atoms with E-state index in [9.17, 15) is 9.59 Å². The molecule has 0 aliphatic rings. The summed E-state index contributed by atoms with van der Waals surface area (Å²) in [6, 6.07) is 21.5. The van der Waals surface area contributed by atoms with Crippen LogP contribution in [0.2, 0.25) is 5.02 Å². The Hall–Kier alpha value is -3.37. The first-order valence-corrected chi connectivity index (χ1v) is 10.3. The van der Waals surface area contributed by atoms with Gasteiger partial charge in [0.1, 0.15) is 5.60 Å². The maximum absolute atomic E-state index is 12.7. The van der Waals surface area contributed by atoms with Gasteiger partial charge in [0.05, 0.1) is 11.3 Å². The van der Waals surface area contributed by atoms with Crippen molar-refractivity contribution in [2.24, 2.45) is 0 Å². The molecule has 0 unspecified atom stereocenters. The van der Waals surface area contributed by atoms with Gasteiger partial charge in [0.2, 0.25) is 0 Å². The van der Waals surface area contributed by atoms with Crippen LogP contribution in [0.5, 0.6) is 0 Å². The molecule has 0 spiro atoms. The highest BCUT2D eigenvalue weighted by atomic mass is 35.5. The van der Waals surface area contributed by atoms with E-state index < -0.39 is 11.6 Å². The fourth-order valence-electron chi connectivity index (χ4n) is 2.87. The summed E-state index contributed by atoms with van der Waals surface area (Å²) in [7, 11) is 0. The molecule has 0 radical (unpaired) electrons. The molecule has 0 saturated carbocycles. The number of amides is 1. The highest BCUT2D eigenvalue weighted by Gasteiger charge is 2.21. The van der Waals surface area contributed by atoms with Gasteiger partial charge in [0.25, 0.3) is 5.91 Å². The van der Waals surface area contributed by atoms with Crippen LogP contribution >= 0.6 is 11.6 Å². The third-order valence-corrected chi connectivity index (χ3v) is 4.50. The normalized spacial score (nSPS) is 11.4. The van der Waals surface area contributed by atoms with Crippen LogP contribution in [0.3, 0.4) is 0 Å². The standard InChI is InChI=1S/C26H24ClNO3/c1-26(2,3)31-25(30)22-15-14-19(13-12-18-8-7-11-21(27)16-18)17-23(22)28-24(29)20-9-5-4-6-10-20/h4-17H,1-3H3,(H,28,29). The van der Waals surface area contributed by atoms with Gasteiger partial charge in [-0.25, -0.2) is 4.79 Å². The van der Waals surface area contributed by atoms with E-state index in [2.05, 4.69) is 5.32 Å². The monoisotopic (exact) mass is 433 g/mol. The molecular formula is C26H24ClNO3. The van der Waals surface area contributed by atoms with Crippen LogP contribution in [-0.2, 0) is 4.74 Å². The Balaban J connectivity index is 1.93. The molecule has 0 aliphatic heterocycles. The number of hydrogen-bond acceptors (Lipinski definition) is 3. The van der Waals surface area contributed by atoms with Crippen LogP contribution < -0.4 is 5.32 Å². The van der Waals surface area contributed by atoms with Gasteiger partial charge in [-0.3, -0.25) is 4.79 Å². The Morgan fingerprint density at radius 2 is 1.55 bits per heavy atom. The predicted molar refractivity (Wildman–Crippen MR) is 126 cm³/mol. The van der Waals surface area contributed by atoms with Crippen molar-refractivity contribution in [1.82, 2.24) is 0 Å². The van der Waals surface area contributed by atoms with Crippen LogP contribution in [0.1, 0.15) is 52.6 Å². The Kier molecular flexibility index (Phi) is 6.93. The summed E-state index contributed by atoms with van der Waals surface area (Å²) in [4.78, 5) is 25.4. The maximum atomic E-state index is 12.7. The van der Waals surface area contributed by atoms with Crippen LogP contribution in [0, 0.1) is 0 Å². The quantitative estimate of drug-likeness (QED) is 0.359. The molecule has 0 aromatic heterocycles. The molecule has 4 nitrogen and oxygen atoms in total. The van der Waals surface area contributed by atoms with E-state index in [1.54, 1.807) is 63.2 Å². The first-order valence-electron chi connectivity index (χ1n) is 9.89. The van der Waals surface area contributed by atoms with Crippen LogP contribution in [0.4, 0.5) is 5.69 Å². The Bertz CT molecular complexity index is 1110. The van der Waals surface area contributed by atoms with E-state index in [4.69, 9.17) is 16.3 Å². The second-order valence-electron chi connectivity index (χ2n) is 8.02. The molecule has 0 heterocycles. The minimum absolute atomic E-state index is 0.291. The van der Waals surface area contributed by atoms with Crippen molar-refractivity contribution in [2.75, 3.05) is 5.32 Å². The number of carbonyl (C=O) groups excluding carboxylic acids is 2. The van der Waals surface area contributed by atoms with Crippen molar-refractivity contribution < 1.29 is 14.3 Å². The van der Waals surface area contributed by atoms with Crippen molar-refractivity contribution in [3.05, 3.63) is 100 Å². The van der Waals surface area contributed by atoms with Gasteiger partial charge in [-0.2, -0.15) is 0 Å². The number of esters is 1. The molecule has 0 fully saturated rings. The van der Waals surface area contributed by atoms with E-state index in [1.165, 1.54) is 0 Å². The number of ether oxygens (including phenoxy) is 1. The second-order valence-corrected chi connectivity index (χ2v) is 8.45. The van der Waals surface area contributed by atoms with E-state index in [-0.39, 0.29) is 5.91 Å². The summed E-state index contributed by atoms with van der Waals surface area (Å²) in [6.45, 7) is 5.40. The number of anilines is 1. The van der Waals surface area contributed by atoms with Crippen LogP contribution in [-0.4, -0.2) is 17.5 Å². The van der Waals surface area contributed by atoms with E-state index >= 15 is 0 Å². The van der Waals surface area contributed by atoms with Gasteiger partial charge < -0.3 is 10.1 Å². The third kappa shape index (κ3) is 6.56. The molecule has 0 atom stereocenters. The molecule has 5 heteroatoms. The van der Waals surface area contributed by atoms with E-state index in [1.807, 2.05) is 42.5 Å². The highest BCUT2D eigenvalue weighted by Crippen LogP contribution is 2.24. The fourth-order valence-corrected chi connectivity index (χ4v) is 3.07. The number of halogens is 1. The van der Waals surface area contributed by atoms with Crippen LogP contribution in [0.25, 0.3) is 12.2 Å². The average Bonchev–Trinajstić information content (AvgIpc) is 2.72. The lowest BCUT2D eigenvalue weighted by molar-refractivity contribution is 0.00708. The molecule has 158 valence electrons. The van der Waals surface area contributed by atoms with Crippen LogP contribution in [0.15, 0.2) is 72.8 Å². The summed E-state index contributed by atoms with van der Waals surface area (Å²) < 4.78 is 5.51. The van der Waals surface area contributed by atoms with Gasteiger partial charge in [0, 0.05) is 10.6 Å². The zero-order valence-corrected chi connectivity index (χ0v) is 18.4. The minimum Gasteiger partial charge on any atom is -0.456 e. The average molecular weight is 434 g/mol. The number of rotatable bonds is 5. The largest absolute Gasteiger partial charge is 0.456 e. The van der Waals surface area contributed by atoms with Gasteiger partial charge in [-0.05, 0) is 68.3 Å². The summed E-state index contributed by atoms with van der Waals surface area (Å²) in [5.74, 6) is -0.803. The maximum Gasteiger partial charge on any atom is 0.340 e. The Morgan fingerprint density at radius 1 is 0.871 bits per heavy atom. The summed E-state index contributed by atoms with van der Waals surface area (Å²) in [5.41, 5.74) is 2.28. The smallest absolute Gasteiger partial charge is 0.340 e. The minimum atomic E-state index is -0.650. The first-order chi connectivity index (χ1) is 14.7. The van der Waals surface area contributed by atoms with Gasteiger partial charge in [-0.15, -0.1) is 0 Å². The van der Waals surface area contributed by atoms with Crippen molar-refractivity contribution in [3.63, 3.8) is 0 Å². The van der Waals surface area contributed by atoms with Crippen molar-refractivity contribution >= 4 is 41.3 Å². The lowest BCUT2D eigenvalue weighted by Gasteiger charge is -2.21. The molecule has 0 bridgehead atoms. The van der Waals surface area contributed by atoms with Gasteiger partial charge >= 0.3 is 5.97 Å². The molecule has 1 amide bonds. The van der Waals surface area contributed by atoms with Gasteiger partial charge in [0.15, 0.2) is 0 Å². The van der Waals surface area contributed by atoms with E-state index in [0.29, 0.717) is 21.8 Å². The van der Waals surface area contributed by atoms with Crippen molar-refractivity contribution in [3.8, 4) is 0 Å². The molecule has 3 aromatic rings.